The first-order valence-corrected chi connectivity index (χ1v) is 10.6. The standard InChI is InChI=1S/C21H19F8NO3S/c1-10(2)8-13-14(9-34-12-6-4-11(5-7-12)33-21(27,28)29)17(20(24,25)26)30-16(18(22)23)15(13)19(31)32-3/h4-7,10,18H,8-9H2,1-3H3. The third-order valence-electron chi connectivity index (χ3n) is 4.36. The fraction of sp³-hybridized carbons (Fsp3) is 0.429. The van der Waals surface area contributed by atoms with E-state index >= 15 is 0 Å². The van der Waals surface area contributed by atoms with Crippen molar-refractivity contribution in [2.75, 3.05) is 7.11 Å². The summed E-state index contributed by atoms with van der Waals surface area (Å²) in [5, 5.41) is 0. The minimum Gasteiger partial charge on any atom is -0.465 e. The zero-order valence-electron chi connectivity index (χ0n) is 18.0. The molecule has 2 rings (SSSR count). The number of halogens is 8. The third-order valence-corrected chi connectivity index (χ3v) is 5.40. The first kappa shape index (κ1) is 27.7. The molecule has 0 amide bonds. The van der Waals surface area contributed by atoms with Gasteiger partial charge in [0.25, 0.3) is 6.43 Å². The highest BCUT2D eigenvalue weighted by atomic mass is 32.2. The maximum absolute atomic E-state index is 13.8. The van der Waals surface area contributed by atoms with Crippen molar-refractivity contribution >= 4 is 17.7 Å². The molecule has 0 aliphatic heterocycles. The van der Waals surface area contributed by atoms with Gasteiger partial charge in [-0.2, -0.15) is 13.2 Å². The van der Waals surface area contributed by atoms with E-state index in [9.17, 15) is 39.9 Å². The van der Waals surface area contributed by atoms with Crippen molar-refractivity contribution in [2.24, 2.45) is 5.92 Å². The lowest BCUT2D eigenvalue weighted by molar-refractivity contribution is -0.274. The Labute approximate surface area is 193 Å². The predicted molar refractivity (Wildman–Crippen MR) is 107 cm³/mol. The zero-order valence-corrected chi connectivity index (χ0v) is 18.8. The number of ether oxygens (including phenoxy) is 2. The van der Waals surface area contributed by atoms with E-state index in [0.29, 0.717) is 0 Å². The van der Waals surface area contributed by atoms with E-state index in [4.69, 9.17) is 0 Å². The van der Waals surface area contributed by atoms with Crippen LogP contribution < -0.4 is 4.74 Å². The van der Waals surface area contributed by atoms with Gasteiger partial charge in [0.05, 0.1) is 12.7 Å². The van der Waals surface area contributed by atoms with Gasteiger partial charge in [-0.3, -0.25) is 0 Å². The van der Waals surface area contributed by atoms with Gasteiger partial charge in [-0.1, -0.05) is 13.8 Å². The number of esters is 1. The van der Waals surface area contributed by atoms with E-state index in [1.54, 1.807) is 13.8 Å². The van der Waals surface area contributed by atoms with Crippen LogP contribution in [0, 0.1) is 5.92 Å². The van der Waals surface area contributed by atoms with E-state index in [1.807, 2.05) is 0 Å². The molecule has 0 fully saturated rings. The molecule has 0 bridgehead atoms. The number of rotatable bonds is 8. The van der Waals surface area contributed by atoms with Crippen LogP contribution in [0.1, 0.15) is 53.1 Å². The molecule has 0 saturated heterocycles. The Morgan fingerprint density at radius 2 is 1.62 bits per heavy atom. The van der Waals surface area contributed by atoms with Crippen molar-refractivity contribution in [2.45, 2.75) is 49.9 Å². The Bertz CT molecular complexity index is 1010. The normalized spacial score (nSPS) is 12.4. The summed E-state index contributed by atoms with van der Waals surface area (Å²) in [5.41, 5.74) is -4.34. The maximum atomic E-state index is 13.8. The molecule has 1 aromatic heterocycles. The molecule has 0 N–H and O–H groups in total. The van der Waals surface area contributed by atoms with Crippen LogP contribution >= 0.6 is 11.8 Å². The highest BCUT2D eigenvalue weighted by molar-refractivity contribution is 7.98. The van der Waals surface area contributed by atoms with Crippen LogP contribution in [-0.4, -0.2) is 24.4 Å². The van der Waals surface area contributed by atoms with Gasteiger partial charge >= 0.3 is 18.5 Å². The van der Waals surface area contributed by atoms with Crippen molar-refractivity contribution in [3.8, 4) is 5.75 Å². The highest BCUT2D eigenvalue weighted by Gasteiger charge is 2.40. The Kier molecular flexibility index (Phi) is 8.78. The van der Waals surface area contributed by atoms with Crippen LogP contribution in [0.15, 0.2) is 29.2 Å². The monoisotopic (exact) mass is 517 g/mol. The molecule has 1 heterocycles. The summed E-state index contributed by atoms with van der Waals surface area (Å²) < 4.78 is 114. The molecule has 0 spiro atoms. The number of methoxy groups -OCH3 is 1. The number of alkyl halides is 8. The van der Waals surface area contributed by atoms with Crippen molar-refractivity contribution in [3.63, 3.8) is 0 Å². The van der Waals surface area contributed by atoms with Crippen LogP contribution in [0.25, 0.3) is 0 Å². The van der Waals surface area contributed by atoms with Gasteiger partial charge in [-0.25, -0.2) is 18.6 Å². The molecule has 1 aromatic carbocycles. The second-order valence-corrected chi connectivity index (χ2v) is 8.42. The van der Waals surface area contributed by atoms with Gasteiger partial charge in [-0.15, -0.1) is 24.9 Å². The molecule has 4 nitrogen and oxygen atoms in total. The summed E-state index contributed by atoms with van der Waals surface area (Å²) >= 11 is 0.798. The molecule has 0 saturated carbocycles. The smallest absolute Gasteiger partial charge is 0.465 e. The number of pyridine rings is 1. The average Bonchev–Trinajstić information content (AvgIpc) is 2.70. The first-order chi connectivity index (χ1) is 15.6. The third kappa shape index (κ3) is 7.21. The molecule has 0 atom stereocenters. The summed E-state index contributed by atoms with van der Waals surface area (Å²) in [6, 6.07) is 4.35. The molecular formula is C21H19F8NO3S. The summed E-state index contributed by atoms with van der Waals surface area (Å²) in [7, 11) is 0.910. The first-order valence-electron chi connectivity index (χ1n) is 9.62. The van der Waals surface area contributed by atoms with Crippen LogP contribution in [-0.2, 0) is 23.1 Å². The minimum atomic E-state index is -5.11. The number of benzene rings is 1. The summed E-state index contributed by atoms with van der Waals surface area (Å²) in [6.45, 7) is 3.26. The second kappa shape index (κ2) is 10.8. The van der Waals surface area contributed by atoms with Gasteiger partial charge < -0.3 is 9.47 Å². The van der Waals surface area contributed by atoms with Crippen LogP contribution in [0.4, 0.5) is 35.1 Å². The number of hydrogen-bond donors (Lipinski definition) is 0. The largest absolute Gasteiger partial charge is 0.573 e. The van der Waals surface area contributed by atoms with Crippen LogP contribution in [0.5, 0.6) is 5.75 Å². The number of carbonyl (C=O) groups is 1. The van der Waals surface area contributed by atoms with Crippen molar-refractivity contribution in [1.82, 2.24) is 4.98 Å². The number of carbonyl (C=O) groups excluding carboxylic acids is 1. The van der Waals surface area contributed by atoms with Gasteiger partial charge in [0.15, 0.2) is 0 Å². The lowest BCUT2D eigenvalue weighted by Gasteiger charge is -2.22. The van der Waals surface area contributed by atoms with Gasteiger partial charge in [0.2, 0.25) is 0 Å². The Morgan fingerprint density at radius 3 is 2.06 bits per heavy atom. The van der Waals surface area contributed by atoms with Crippen molar-refractivity contribution < 1.29 is 49.4 Å². The molecule has 0 unspecified atom stereocenters. The molecular weight excluding hydrogens is 498 g/mol. The van der Waals surface area contributed by atoms with Crippen LogP contribution in [0.2, 0.25) is 0 Å². The van der Waals surface area contributed by atoms with E-state index in [1.165, 1.54) is 12.1 Å². The Hall–Kier alpha value is -2.57. The quantitative estimate of drug-likeness (QED) is 0.210. The average molecular weight is 517 g/mol. The Balaban J connectivity index is 2.59. The van der Waals surface area contributed by atoms with Crippen LogP contribution in [0.3, 0.4) is 0 Å². The molecule has 0 radical (unpaired) electrons. The number of hydrogen-bond acceptors (Lipinski definition) is 5. The fourth-order valence-electron chi connectivity index (χ4n) is 3.10. The van der Waals surface area contributed by atoms with E-state index in [2.05, 4.69) is 14.5 Å². The van der Waals surface area contributed by atoms with Gasteiger partial charge in [0, 0.05) is 10.6 Å². The predicted octanol–water partition coefficient (Wildman–Crippen LogP) is 7.21. The number of aromatic nitrogens is 1. The molecule has 34 heavy (non-hydrogen) atoms. The zero-order chi connectivity index (χ0) is 25.8. The van der Waals surface area contributed by atoms with Crippen molar-refractivity contribution in [3.05, 3.63) is 52.3 Å². The minimum absolute atomic E-state index is 0.149. The fourth-order valence-corrected chi connectivity index (χ4v) is 4.05. The maximum Gasteiger partial charge on any atom is 0.573 e. The summed E-state index contributed by atoms with van der Waals surface area (Å²) in [5.74, 6) is -2.53. The number of nitrogens with zero attached hydrogens (tertiary/aromatic N) is 1. The summed E-state index contributed by atoms with van der Waals surface area (Å²) in [6.07, 6.45) is -13.6. The second-order valence-electron chi connectivity index (χ2n) is 7.37. The topological polar surface area (TPSA) is 48.4 Å². The molecule has 188 valence electrons. The van der Waals surface area contributed by atoms with Gasteiger partial charge in [-0.05, 0) is 47.7 Å². The lowest BCUT2D eigenvalue weighted by Crippen LogP contribution is -2.22. The van der Waals surface area contributed by atoms with Crippen molar-refractivity contribution in [1.29, 1.82) is 0 Å². The van der Waals surface area contributed by atoms with E-state index in [-0.39, 0.29) is 22.8 Å². The molecule has 0 aliphatic carbocycles. The SMILES string of the molecule is COC(=O)c1c(C(F)F)nc(C(F)(F)F)c(CSc2ccc(OC(F)(F)F)cc2)c1CC(C)C. The molecule has 2 aromatic rings. The van der Waals surface area contributed by atoms with E-state index in [0.717, 1.165) is 31.0 Å². The summed E-state index contributed by atoms with van der Waals surface area (Å²) in [4.78, 5) is 15.7. The molecule has 0 aliphatic rings. The van der Waals surface area contributed by atoms with E-state index < -0.39 is 59.0 Å². The highest BCUT2D eigenvalue weighted by Crippen LogP contribution is 2.40. The van der Waals surface area contributed by atoms with Gasteiger partial charge in [0.1, 0.15) is 17.1 Å². The molecule has 13 heteroatoms. The lowest BCUT2D eigenvalue weighted by atomic mass is 9.91. The number of thioether (sulfide) groups is 1. The Morgan fingerprint density at radius 1 is 1.03 bits per heavy atom.